The molecule has 1 saturated carbocycles. The molecule has 0 spiro atoms. The summed E-state index contributed by atoms with van der Waals surface area (Å²) in [6.45, 7) is 2.92. The number of rotatable bonds is 4. The summed E-state index contributed by atoms with van der Waals surface area (Å²) in [6.07, 6.45) is 8.22. The Balaban J connectivity index is 1.79. The van der Waals surface area contributed by atoms with Crippen molar-refractivity contribution in [1.82, 2.24) is 15.6 Å². The van der Waals surface area contributed by atoms with Gasteiger partial charge in [0, 0.05) is 24.2 Å². The molecule has 1 aromatic heterocycles. The quantitative estimate of drug-likeness (QED) is 0.649. The predicted octanol–water partition coefficient (Wildman–Crippen LogP) is 2.31. The van der Waals surface area contributed by atoms with E-state index in [2.05, 4.69) is 27.5 Å². The van der Waals surface area contributed by atoms with Crippen LogP contribution in [0.2, 0.25) is 0 Å². The minimum Gasteiger partial charge on any atom is -0.354 e. The van der Waals surface area contributed by atoms with Crippen LogP contribution < -0.4 is 10.6 Å². The molecule has 1 heterocycles. The summed E-state index contributed by atoms with van der Waals surface area (Å²) in [7, 11) is 1.82. The minimum absolute atomic E-state index is 0.596. The fraction of sp³-hybridized carbons (Fsp3) is 0.692. The number of nitrogens with zero attached hydrogens (tertiary/aromatic N) is 2. The lowest BCUT2D eigenvalue weighted by Gasteiger charge is -2.16. The third kappa shape index (κ3) is 3.70. The van der Waals surface area contributed by atoms with Crippen LogP contribution in [0, 0.1) is 0 Å². The molecule has 1 aromatic rings. The van der Waals surface area contributed by atoms with Crippen LogP contribution in [-0.2, 0) is 13.0 Å². The van der Waals surface area contributed by atoms with Gasteiger partial charge in [-0.1, -0.05) is 19.8 Å². The first kappa shape index (κ1) is 13.3. The summed E-state index contributed by atoms with van der Waals surface area (Å²) >= 11 is 1.77. The van der Waals surface area contributed by atoms with E-state index in [4.69, 9.17) is 0 Å². The Hall–Kier alpha value is -1.10. The van der Waals surface area contributed by atoms with Crippen molar-refractivity contribution in [3.05, 3.63) is 16.1 Å². The van der Waals surface area contributed by atoms with Gasteiger partial charge in [-0.15, -0.1) is 11.3 Å². The van der Waals surface area contributed by atoms with Crippen molar-refractivity contribution in [2.24, 2.45) is 4.99 Å². The van der Waals surface area contributed by atoms with Crippen LogP contribution in [0.4, 0.5) is 0 Å². The molecule has 0 unspecified atom stereocenters. The molecule has 18 heavy (non-hydrogen) atoms. The lowest BCUT2D eigenvalue weighted by molar-refractivity contribution is 0.613. The smallest absolute Gasteiger partial charge is 0.191 e. The second kappa shape index (κ2) is 6.73. The summed E-state index contributed by atoms with van der Waals surface area (Å²) in [6, 6.07) is 0.596. The highest BCUT2D eigenvalue weighted by molar-refractivity contribution is 7.11. The van der Waals surface area contributed by atoms with Gasteiger partial charge in [0.2, 0.25) is 0 Å². The molecule has 0 atom stereocenters. The highest BCUT2D eigenvalue weighted by Crippen LogP contribution is 2.17. The molecule has 0 aromatic carbocycles. The van der Waals surface area contributed by atoms with Gasteiger partial charge in [-0.05, 0) is 19.3 Å². The Labute approximate surface area is 113 Å². The van der Waals surface area contributed by atoms with Crippen molar-refractivity contribution in [3.63, 3.8) is 0 Å². The van der Waals surface area contributed by atoms with E-state index in [-0.39, 0.29) is 0 Å². The molecular weight excluding hydrogens is 244 g/mol. The van der Waals surface area contributed by atoms with Crippen LogP contribution in [0.3, 0.4) is 0 Å². The summed E-state index contributed by atoms with van der Waals surface area (Å²) in [5.74, 6) is 0.898. The van der Waals surface area contributed by atoms with Gasteiger partial charge >= 0.3 is 0 Å². The van der Waals surface area contributed by atoms with Crippen molar-refractivity contribution < 1.29 is 0 Å². The molecule has 2 N–H and O–H groups in total. The average Bonchev–Trinajstić information content (AvgIpc) is 3.05. The van der Waals surface area contributed by atoms with E-state index in [1.54, 1.807) is 11.3 Å². The molecule has 5 heteroatoms. The molecule has 0 amide bonds. The Kier molecular flexibility index (Phi) is 4.99. The van der Waals surface area contributed by atoms with E-state index in [0.29, 0.717) is 6.04 Å². The Morgan fingerprint density at radius 2 is 2.28 bits per heavy atom. The summed E-state index contributed by atoms with van der Waals surface area (Å²) in [4.78, 5) is 10.0. The van der Waals surface area contributed by atoms with Crippen molar-refractivity contribution in [3.8, 4) is 0 Å². The second-order valence-corrected chi connectivity index (χ2v) is 5.83. The molecule has 1 aliphatic rings. The molecule has 4 nitrogen and oxygen atoms in total. The van der Waals surface area contributed by atoms with Crippen LogP contribution in [0.1, 0.15) is 42.5 Å². The van der Waals surface area contributed by atoms with Gasteiger partial charge in [0.1, 0.15) is 5.01 Å². The third-order valence-corrected chi connectivity index (χ3v) is 4.42. The van der Waals surface area contributed by atoms with Crippen molar-refractivity contribution >= 4 is 17.3 Å². The zero-order chi connectivity index (χ0) is 12.8. The number of thiazole rings is 1. The Bertz CT molecular complexity index is 393. The van der Waals surface area contributed by atoms with E-state index in [9.17, 15) is 0 Å². The number of guanidine groups is 1. The standard InChI is InChI=1S/C13H22N4S/c1-3-11-8-15-12(18-11)9-16-13(14-2)17-10-6-4-5-7-10/h8,10H,3-7,9H2,1-2H3,(H2,14,16,17). The van der Waals surface area contributed by atoms with E-state index >= 15 is 0 Å². The van der Waals surface area contributed by atoms with Crippen molar-refractivity contribution in [2.45, 2.75) is 51.6 Å². The van der Waals surface area contributed by atoms with Crippen LogP contribution in [0.15, 0.2) is 11.2 Å². The maximum absolute atomic E-state index is 4.40. The van der Waals surface area contributed by atoms with Crippen LogP contribution in [0.25, 0.3) is 0 Å². The molecule has 100 valence electrons. The van der Waals surface area contributed by atoms with Gasteiger partial charge < -0.3 is 10.6 Å². The highest BCUT2D eigenvalue weighted by atomic mass is 32.1. The number of aryl methyl sites for hydroxylation is 1. The number of aliphatic imine (C=N–C) groups is 1. The van der Waals surface area contributed by atoms with E-state index in [0.717, 1.165) is 23.9 Å². The fourth-order valence-electron chi connectivity index (χ4n) is 2.21. The predicted molar refractivity (Wildman–Crippen MR) is 77.1 cm³/mol. The molecule has 2 rings (SSSR count). The normalized spacial score (nSPS) is 17.1. The minimum atomic E-state index is 0.596. The molecule has 1 aliphatic carbocycles. The largest absolute Gasteiger partial charge is 0.354 e. The lowest BCUT2D eigenvalue weighted by Crippen LogP contribution is -2.41. The molecule has 1 fully saturated rings. The van der Waals surface area contributed by atoms with Crippen LogP contribution in [0.5, 0.6) is 0 Å². The second-order valence-electron chi connectivity index (χ2n) is 4.63. The summed E-state index contributed by atoms with van der Waals surface area (Å²) < 4.78 is 0. The molecule has 0 bridgehead atoms. The summed E-state index contributed by atoms with van der Waals surface area (Å²) in [5.41, 5.74) is 0. The molecule has 0 radical (unpaired) electrons. The number of nitrogens with one attached hydrogen (secondary N) is 2. The zero-order valence-electron chi connectivity index (χ0n) is 11.2. The maximum atomic E-state index is 4.40. The SMILES string of the molecule is CCc1cnc(CNC(=NC)NC2CCCC2)s1. The maximum Gasteiger partial charge on any atom is 0.191 e. The van der Waals surface area contributed by atoms with Crippen molar-refractivity contribution in [1.29, 1.82) is 0 Å². The zero-order valence-corrected chi connectivity index (χ0v) is 12.0. The fourth-order valence-corrected chi connectivity index (χ4v) is 3.01. The molecule has 0 aliphatic heterocycles. The van der Waals surface area contributed by atoms with Crippen molar-refractivity contribution in [2.75, 3.05) is 7.05 Å². The topological polar surface area (TPSA) is 49.3 Å². The van der Waals surface area contributed by atoms with Gasteiger partial charge in [-0.3, -0.25) is 4.99 Å². The third-order valence-electron chi connectivity index (χ3n) is 3.28. The van der Waals surface area contributed by atoms with Gasteiger partial charge in [0.05, 0.1) is 6.54 Å². The monoisotopic (exact) mass is 266 g/mol. The first-order valence-electron chi connectivity index (χ1n) is 6.72. The number of hydrogen-bond acceptors (Lipinski definition) is 3. The van der Waals surface area contributed by atoms with E-state index in [1.807, 2.05) is 13.2 Å². The van der Waals surface area contributed by atoms with E-state index < -0.39 is 0 Å². The van der Waals surface area contributed by atoms with E-state index in [1.165, 1.54) is 30.6 Å². The van der Waals surface area contributed by atoms with Crippen LogP contribution >= 0.6 is 11.3 Å². The lowest BCUT2D eigenvalue weighted by atomic mass is 10.2. The first-order valence-corrected chi connectivity index (χ1v) is 7.54. The number of hydrogen-bond donors (Lipinski definition) is 2. The van der Waals surface area contributed by atoms with Gasteiger partial charge in [0.15, 0.2) is 5.96 Å². The van der Waals surface area contributed by atoms with Gasteiger partial charge in [-0.25, -0.2) is 4.98 Å². The first-order chi connectivity index (χ1) is 8.81. The summed E-state index contributed by atoms with van der Waals surface area (Å²) in [5, 5.41) is 7.94. The van der Waals surface area contributed by atoms with Gasteiger partial charge in [-0.2, -0.15) is 0 Å². The molecule has 0 saturated heterocycles. The average molecular weight is 266 g/mol. The van der Waals surface area contributed by atoms with Gasteiger partial charge in [0.25, 0.3) is 0 Å². The molecular formula is C13H22N4S. The highest BCUT2D eigenvalue weighted by Gasteiger charge is 2.15. The van der Waals surface area contributed by atoms with Crippen LogP contribution in [-0.4, -0.2) is 24.0 Å². The Morgan fingerprint density at radius 1 is 1.50 bits per heavy atom. The number of aromatic nitrogens is 1. The Morgan fingerprint density at radius 3 is 2.89 bits per heavy atom.